The largest absolute Gasteiger partial charge is 0.271 e. The van der Waals surface area contributed by atoms with Crippen LogP contribution in [0, 0.1) is 18.7 Å². The number of hydrogen-bond acceptors (Lipinski definition) is 2. The van der Waals surface area contributed by atoms with Crippen molar-refractivity contribution >= 4 is 0 Å². The van der Waals surface area contributed by atoms with Gasteiger partial charge in [-0.3, -0.25) is 11.3 Å². The molecule has 1 fully saturated rings. The van der Waals surface area contributed by atoms with E-state index in [9.17, 15) is 4.39 Å². The molecule has 1 aliphatic rings. The Morgan fingerprint density at radius 3 is 2.63 bits per heavy atom. The summed E-state index contributed by atoms with van der Waals surface area (Å²) >= 11 is 0. The number of rotatable bonds is 5. The lowest BCUT2D eigenvalue weighted by atomic mass is 9.84. The summed E-state index contributed by atoms with van der Waals surface area (Å²) in [4.78, 5) is 0. The molecule has 1 atom stereocenters. The summed E-state index contributed by atoms with van der Waals surface area (Å²) in [6.07, 6.45) is 8.99. The van der Waals surface area contributed by atoms with Gasteiger partial charge in [0, 0.05) is 6.04 Å². The van der Waals surface area contributed by atoms with Crippen LogP contribution >= 0.6 is 0 Å². The number of hydrogen-bond donors (Lipinski definition) is 2. The Hall–Kier alpha value is -0.930. The Morgan fingerprint density at radius 2 is 2.00 bits per heavy atom. The molecule has 19 heavy (non-hydrogen) atoms. The molecule has 106 valence electrons. The van der Waals surface area contributed by atoms with Crippen LogP contribution in [0.15, 0.2) is 18.2 Å². The van der Waals surface area contributed by atoms with E-state index in [2.05, 4.69) is 5.43 Å². The third-order valence-electron chi connectivity index (χ3n) is 4.26. The Kier molecular flexibility index (Phi) is 5.34. The predicted molar refractivity (Wildman–Crippen MR) is 77.0 cm³/mol. The van der Waals surface area contributed by atoms with E-state index in [4.69, 9.17) is 5.84 Å². The fraction of sp³-hybridized carbons (Fsp3) is 0.625. The molecular formula is C16H25FN2. The highest BCUT2D eigenvalue weighted by atomic mass is 19.1. The molecule has 0 heterocycles. The second-order valence-electron chi connectivity index (χ2n) is 5.86. The normalized spacial score (nSPS) is 18.5. The quantitative estimate of drug-likeness (QED) is 0.623. The van der Waals surface area contributed by atoms with Crippen LogP contribution < -0.4 is 11.3 Å². The molecule has 1 unspecified atom stereocenters. The fourth-order valence-corrected chi connectivity index (χ4v) is 3.19. The molecule has 2 rings (SSSR count). The van der Waals surface area contributed by atoms with Crippen LogP contribution in [-0.4, -0.2) is 0 Å². The van der Waals surface area contributed by atoms with Crippen molar-refractivity contribution in [2.45, 2.75) is 57.9 Å². The summed E-state index contributed by atoms with van der Waals surface area (Å²) in [6, 6.07) is 5.24. The first-order valence-electron chi connectivity index (χ1n) is 7.42. The summed E-state index contributed by atoms with van der Waals surface area (Å²) in [6.45, 7) is 1.92. The highest BCUT2D eigenvalue weighted by Crippen LogP contribution is 2.30. The van der Waals surface area contributed by atoms with E-state index >= 15 is 0 Å². The topological polar surface area (TPSA) is 38.0 Å². The summed E-state index contributed by atoms with van der Waals surface area (Å²) in [5.41, 5.74) is 4.77. The molecule has 0 amide bonds. The smallest absolute Gasteiger partial charge is 0.123 e. The van der Waals surface area contributed by atoms with Crippen molar-refractivity contribution < 1.29 is 4.39 Å². The van der Waals surface area contributed by atoms with Gasteiger partial charge in [0.2, 0.25) is 0 Å². The average molecular weight is 264 g/mol. The third-order valence-corrected chi connectivity index (χ3v) is 4.26. The maximum absolute atomic E-state index is 13.5. The lowest BCUT2D eigenvalue weighted by Crippen LogP contribution is -2.28. The Bertz CT molecular complexity index is 379. The molecule has 0 aromatic heterocycles. The molecule has 1 aromatic carbocycles. The van der Waals surface area contributed by atoms with E-state index in [-0.39, 0.29) is 11.9 Å². The SMILES string of the molecule is Cc1cc(F)cc(C(CCC2CCCCC2)NN)c1. The van der Waals surface area contributed by atoms with Gasteiger partial charge < -0.3 is 0 Å². The van der Waals surface area contributed by atoms with Crippen molar-refractivity contribution in [1.29, 1.82) is 0 Å². The van der Waals surface area contributed by atoms with Crippen LogP contribution in [0.4, 0.5) is 4.39 Å². The zero-order chi connectivity index (χ0) is 13.7. The summed E-state index contributed by atoms with van der Waals surface area (Å²) < 4.78 is 13.5. The van der Waals surface area contributed by atoms with Gasteiger partial charge in [-0.2, -0.15) is 0 Å². The zero-order valence-electron chi connectivity index (χ0n) is 11.8. The average Bonchev–Trinajstić information content (AvgIpc) is 2.39. The first-order chi connectivity index (χ1) is 9.19. The number of nitrogens with one attached hydrogen (secondary N) is 1. The van der Waals surface area contributed by atoms with Gasteiger partial charge >= 0.3 is 0 Å². The molecule has 2 nitrogen and oxygen atoms in total. The number of aryl methyl sites for hydroxylation is 1. The molecule has 1 aromatic rings. The molecule has 3 heteroatoms. The van der Waals surface area contributed by atoms with Crippen molar-refractivity contribution in [3.05, 3.63) is 35.1 Å². The summed E-state index contributed by atoms with van der Waals surface area (Å²) in [5.74, 6) is 6.31. The molecule has 0 spiro atoms. The number of hydrazine groups is 1. The minimum absolute atomic E-state index is 0.0660. The summed E-state index contributed by atoms with van der Waals surface area (Å²) in [7, 11) is 0. The predicted octanol–water partition coefficient (Wildman–Crippen LogP) is 4.00. The Morgan fingerprint density at radius 1 is 1.26 bits per heavy atom. The minimum atomic E-state index is -0.173. The standard InChI is InChI=1S/C16H25FN2/c1-12-9-14(11-15(17)10-12)16(19-18)8-7-13-5-3-2-4-6-13/h9-11,13,16,19H,2-8,18H2,1H3. The maximum atomic E-state index is 13.5. The zero-order valence-corrected chi connectivity index (χ0v) is 11.8. The molecule has 1 aliphatic carbocycles. The second-order valence-corrected chi connectivity index (χ2v) is 5.86. The van der Waals surface area contributed by atoms with Crippen molar-refractivity contribution in [2.75, 3.05) is 0 Å². The lowest BCUT2D eigenvalue weighted by molar-refractivity contribution is 0.315. The highest BCUT2D eigenvalue weighted by Gasteiger charge is 2.17. The van der Waals surface area contributed by atoms with E-state index in [1.807, 2.05) is 13.0 Å². The van der Waals surface area contributed by atoms with Crippen LogP contribution in [0.2, 0.25) is 0 Å². The molecule has 1 saturated carbocycles. The monoisotopic (exact) mass is 264 g/mol. The van der Waals surface area contributed by atoms with Gasteiger partial charge in [0.1, 0.15) is 5.82 Å². The van der Waals surface area contributed by atoms with E-state index in [0.717, 1.165) is 23.5 Å². The third kappa shape index (κ3) is 4.29. The van der Waals surface area contributed by atoms with Crippen LogP contribution in [0.1, 0.15) is 62.1 Å². The molecule has 0 bridgehead atoms. The lowest BCUT2D eigenvalue weighted by Gasteiger charge is -2.24. The maximum Gasteiger partial charge on any atom is 0.123 e. The number of benzene rings is 1. The minimum Gasteiger partial charge on any atom is -0.271 e. The van der Waals surface area contributed by atoms with E-state index in [1.54, 1.807) is 12.1 Å². The van der Waals surface area contributed by atoms with Crippen molar-refractivity contribution in [3.8, 4) is 0 Å². The molecule has 0 saturated heterocycles. The first-order valence-corrected chi connectivity index (χ1v) is 7.42. The van der Waals surface area contributed by atoms with Crippen LogP contribution in [0.3, 0.4) is 0 Å². The van der Waals surface area contributed by atoms with Gasteiger partial charge in [-0.05, 0) is 48.9 Å². The van der Waals surface area contributed by atoms with Gasteiger partial charge in [-0.25, -0.2) is 4.39 Å². The van der Waals surface area contributed by atoms with Crippen molar-refractivity contribution in [2.24, 2.45) is 11.8 Å². The number of halogens is 1. The second kappa shape index (κ2) is 7.01. The van der Waals surface area contributed by atoms with Crippen molar-refractivity contribution in [3.63, 3.8) is 0 Å². The molecule has 0 radical (unpaired) electrons. The molecule has 0 aliphatic heterocycles. The van der Waals surface area contributed by atoms with Crippen LogP contribution in [0.25, 0.3) is 0 Å². The van der Waals surface area contributed by atoms with Gasteiger partial charge in [-0.1, -0.05) is 38.2 Å². The van der Waals surface area contributed by atoms with Gasteiger partial charge in [0.05, 0.1) is 0 Å². The Labute approximate surface area is 115 Å². The fourth-order valence-electron chi connectivity index (χ4n) is 3.19. The van der Waals surface area contributed by atoms with Gasteiger partial charge in [-0.15, -0.1) is 0 Å². The van der Waals surface area contributed by atoms with E-state index in [1.165, 1.54) is 38.5 Å². The van der Waals surface area contributed by atoms with Crippen LogP contribution in [0.5, 0.6) is 0 Å². The van der Waals surface area contributed by atoms with Gasteiger partial charge in [0.25, 0.3) is 0 Å². The number of nitrogens with two attached hydrogens (primary N) is 1. The molecule has 3 N–H and O–H groups in total. The van der Waals surface area contributed by atoms with E-state index in [0.29, 0.717) is 0 Å². The first kappa shape index (κ1) is 14.5. The summed E-state index contributed by atoms with van der Waals surface area (Å²) in [5, 5.41) is 0. The van der Waals surface area contributed by atoms with Gasteiger partial charge in [0.15, 0.2) is 0 Å². The Balaban J connectivity index is 1.95. The van der Waals surface area contributed by atoms with Crippen molar-refractivity contribution in [1.82, 2.24) is 5.43 Å². The molecular weight excluding hydrogens is 239 g/mol. The van der Waals surface area contributed by atoms with Crippen LogP contribution in [-0.2, 0) is 0 Å². The highest BCUT2D eigenvalue weighted by molar-refractivity contribution is 5.26. The van der Waals surface area contributed by atoms with E-state index < -0.39 is 0 Å².